The maximum absolute atomic E-state index is 10.7. The number of carbonyl (C=O) groups excluding carboxylic acids is 2. The summed E-state index contributed by atoms with van der Waals surface area (Å²) >= 11 is 0. The van der Waals surface area contributed by atoms with Gasteiger partial charge in [0.1, 0.15) is 23.2 Å². The number of aromatic nitrogens is 6. The van der Waals surface area contributed by atoms with Gasteiger partial charge in [-0.15, -0.1) is 0 Å². The lowest BCUT2D eigenvalue weighted by Crippen LogP contribution is -1.98. The van der Waals surface area contributed by atoms with Gasteiger partial charge in [-0.05, 0) is 24.3 Å². The highest BCUT2D eigenvalue weighted by atomic mass is 31.1. The molecule has 5 aromatic rings. The predicted octanol–water partition coefficient (Wildman–Crippen LogP) is 2.55. The van der Waals surface area contributed by atoms with E-state index in [1.54, 1.807) is 12.4 Å². The molecule has 0 radical (unpaired) electrons. The third-order valence-corrected chi connectivity index (χ3v) is 5.89. The van der Waals surface area contributed by atoms with Crippen LogP contribution in [0.15, 0.2) is 48.8 Å². The van der Waals surface area contributed by atoms with Crippen LogP contribution in [-0.2, 0) is 9.59 Å². The molecule has 2 atom stereocenters. The minimum absolute atomic E-state index is 0.00997. The molecule has 0 bridgehead atoms. The molecule has 10 heteroatoms. The van der Waals surface area contributed by atoms with Gasteiger partial charge in [0.2, 0.25) is 0 Å². The first-order chi connectivity index (χ1) is 14.7. The van der Waals surface area contributed by atoms with E-state index in [0.717, 1.165) is 56.6 Å². The molecule has 0 aliphatic carbocycles. The number of benzene rings is 2. The van der Waals surface area contributed by atoms with E-state index in [0.29, 0.717) is 11.1 Å². The van der Waals surface area contributed by atoms with E-state index < -0.39 is 0 Å². The van der Waals surface area contributed by atoms with Crippen molar-refractivity contribution in [1.82, 2.24) is 29.9 Å². The second-order valence-corrected chi connectivity index (χ2v) is 8.44. The van der Waals surface area contributed by atoms with E-state index in [4.69, 9.17) is 9.97 Å². The van der Waals surface area contributed by atoms with Crippen LogP contribution in [0.25, 0.3) is 44.6 Å². The molecule has 0 saturated carbocycles. The summed E-state index contributed by atoms with van der Waals surface area (Å²) in [6.45, 7) is 0. The van der Waals surface area contributed by atoms with E-state index in [2.05, 4.69) is 19.9 Å². The Morgan fingerprint density at radius 3 is 1.57 bits per heavy atom. The number of carbonyl (C=O) groups is 2. The molecule has 30 heavy (non-hydrogen) atoms. The molecule has 0 spiro atoms. The number of rotatable bonds is 6. The second kappa shape index (κ2) is 7.82. The fourth-order valence-corrected chi connectivity index (χ4v) is 4.12. The van der Waals surface area contributed by atoms with Crippen LogP contribution >= 0.6 is 17.2 Å². The average Bonchev–Trinajstić information content (AvgIpc) is 3.42. The minimum atomic E-state index is 0.00997. The van der Waals surface area contributed by atoms with Crippen LogP contribution in [0.3, 0.4) is 0 Å². The van der Waals surface area contributed by atoms with Crippen LogP contribution < -0.4 is 11.1 Å². The lowest BCUT2D eigenvalue weighted by atomic mass is 10.1. The summed E-state index contributed by atoms with van der Waals surface area (Å²) in [5, 5.41) is 0. The SMILES string of the molecule is O=CPc1ncc(-c2ccc3nc4cc(-c5cnc(PC=O)[nH]5)ccc4nc3c2)[nH]1. The van der Waals surface area contributed by atoms with Crippen molar-refractivity contribution in [2.45, 2.75) is 0 Å². The van der Waals surface area contributed by atoms with Crippen LogP contribution in [0.1, 0.15) is 0 Å². The molecule has 2 unspecified atom stereocenters. The van der Waals surface area contributed by atoms with Crippen molar-refractivity contribution in [1.29, 1.82) is 0 Å². The van der Waals surface area contributed by atoms with Gasteiger partial charge in [-0.1, -0.05) is 12.1 Å². The third-order valence-electron chi connectivity index (χ3n) is 4.60. The van der Waals surface area contributed by atoms with Crippen molar-refractivity contribution in [2.24, 2.45) is 0 Å². The van der Waals surface area contributed by atoms with Crippen molar-refractivity contribution >= 4 is 62.4 Å². The van der Waals surface area contributed by atoms with E-state index >= 15 is 0 Å². The standard InChI is InChI=1S/C20H14N6O2P2/c27-9-29-19-21-7-17(25-19)11-1-3-13-15(5-11)24-14-4-2-12(6-16(14)23-13)18-8-22-20(26-18)30-10-28/h1-10,29-30H,(H,21,25)(H,22,26). The molecule has 2 aromatic carbocycles. The summed E-state index contributed by atoms with van der Waals surface area (Å²) in [6.07, 6.45) is 3.44. The van der Waals surface area contributed by atoms with E-state index in [-0.39, 0.29) is 17.2 Å². The summed E-state index contributed by atoms with van der Waals surface area (Å²) in [6, 6.07) is 13.4. The number of fused-ring (bicyclic) bond motifs is 2. The van der Waals surface area contributed by atoms with Crippen molar-refractivity contribution in [3.8, 4) is 22.5 Å². The Morgan fingerprint density at radius 2 is 1.13 bits per heavy atom. The number of aromatic amines is 2. The smallest absolute Gasteiger partial charge is 0.146 e. The topological polar surface area (TPSA) is 117 Å². The first-order valence-electron chi connectivity index (χ1n) is 8.96. The molecular weight excluding hydrogens is 418 g/mol. The number of nitrogens with zero attached hydrogens (tertiary/aromatic N) is 4. The zero-order chi connectivity index (χ0) is 20.5. The fraction of sp³-hybridized carbons (Fsp3) is 0. The lowest BCUT2D eigenvalue weighted by Gasteiger charge is -2.05. The lowest BCUT2D eigenvalue weighted by molar-refractivity contribution is 0.569. The number of imidazole rings is 2. The van der Waals surface area contributed by atoms with Gasteiger partial charge in [0.25, 0.3) is 0 Å². The van der Waals surface area contributed by atoms with Gasteiger partial charge in [0.05, 0.1) is 45.8 Å². The molecule has 2 N–H and O–H groups in total. The zero-order valence-electron chi connectivity index (χ0n) is 15.4. The Morgan fingerprint density at radius 1 is 0.667 bits per heavy atom. The first kappa shape index (κ1) is 18.7. The Balaban J connectivity index is 1.53. The molecule has 0 aliphatic heterocycles. The summed E-state index contributed by atoms with van der Waals surface area (Å²) < 4.78 is 0. The average molecular weight is 432 g/mol. The van der Waals surface area contributed by atoms with Gasteiger partial charge in [-0.3, -0.25) is 9.59 Å². The summed E-state index contributed by atoms with van der Waals surface area (Å²) in [7, 11) is 0.0199. The van der Waals surface area contributed by atoms with Gasteiger partial charge in [0, 0.05) is 28.3 Å². The molecule has 0 aliphatic rings. The predicted molar refractivity (Wildman–Crippen MR) is 122 cm³/mol. The third kappa shape index (κ3) is 3.52. The molecule has 3 aromatic heterocycles. The molecule has 8 nitrogen and oxygen atoms in total. The molecule has 0 fully saturated rings. The highest BCUT2D eigenvalue weighted by molar-refractivity contribution is 7.62. The number of H-pyrrole nitrogens is 2. The molecule has 146 valence electrons. The molecule has 0 saturated heterocycles. The van der Waals surface area contributed by atoms with E-state index in [1.807, 2.05) is 36.4 Å². The van der Waals surface area contributed by atoms with Crippen LogP contribution in [0.5, 0.6) is 0 Å². The number of nitrogens with one attached hydrogen (secondary N) is 2. The highest BCUT2D eigenvalue weighted by Gasteiger charge is 2.09. The van der Waals surface area contributed by atoms with Crippen LogP contribution in [0, 0.1) is 0 Å². The van der Waals surface area contributed by atoms with Gasteiger partial charge in [-0.25, -0.2) is 19.9 Å². The molecule has 5 rings (SSSR count). The van der Waals surface area contributed by atoms with Crippen molar-refractivity contribution < 1.29 is 9.59 Å². The van der Waals surface area contributed by atoms with Crippen molar-refractivity contribution in [3.63, 3.8) is 0 Å². The Hall–Kier alpha value is -3.34. The first-order valence-corrected chi connectivity index (χ1v) is 11.1. The van der Waals surface area contributed by atoms with Gasteiger partial charge in [-0.2, -0.15) is 0 Å². The zero-order valence-corrected chi connectivity index (χ0v) is 17.4. The van der Waals surface area contributed by atoms with E-state index in [1.165, 1.54) is 0 Å². The summed E-state index contributed by atoms with van der Waals surface area (Å²) in [5.74, 6) is 0. The Labute approximate surface area is 173 Å². The Kier molecular flexibility index (Phi) is 4.87. The summed E-state index contributed by atoms with van der Waals surface area (Å²) in [5.41, 5.74) is 7.98. The second-order valence-electron chi connectivity index (χ2n) is 6.45. The van der Waals surface area contributed by atoms with Crippen LogP contribution in [-0.4, -0.2) is 42.0 Å². The van der Waals surface area contributed by atoms with Crippen molar-refractivity contribution in [3.05, 3.63) is 48.8 Å². The van der Waals surface area contributed by atoms with E-state index in [9.17, 15) is 9.59 Å². The maximum atomic E-state index is 10.7. The highest BCUT2D eigenvalue weighted by Crippen LogP contribution is 2.26. The van der Waals surface area contributed by atoms with Crippen molar-refractivity contribution in [2.75, 3.05) is 0 Å². The fourth-order valence-electron chi connectivity index (χ4n) is 3.20. The number of hydrogen-bond donors (Lipinski definition) is 2. The minimum Gasteiger partial charge on any atom is -0.338 e. The maximum Gasteiger partial charge on any atom is 0.146 e. The quantitative estimate of drug-likeness (QED) is 0.242. The Bertz CT molecular complexity index is 1300. The van der Waals surface area contributed by atoms with Gasteiger partial charge >= 0.3 is 0 Å². The van der Waals surface area contributed by atoms with Gasteiger partial charge < -0.3 is 9.97 Å². The number of hydrogen-bond acceptors (Lipinski definition) is 6. The normalized spacial score (nSPS) is 12.0. The molecule has 0 amide bonds. The largest absolute Gasteiger partial charge is 0.338 e. The van der Waals surface area contributed by atoms with Crippen LogP contribution in [0.4, 0.5) is 0 Å². The van der Waals surface area contributed by atoms with Crippen LogP contribution in [0.2, 0.25) is 0 Å². The summed E-state index contributed by atoms with van der Waals surface area (Å²) in [4.78, 5) is 45.6. The van der Waals surface area contributed by atoms with Gasteiger partial charge in [0.15, 0.2) is 0 Å². The molecular formula is C20H14N6O2P2. The molecule has 3 heterocycles. The monoisotopic (exact) mass is 432 g/mol.